The van der Waals surface area contributed by atoms with Crippen molar-refractivity contribution in [1.29, 1.82) is 0 Å². The van der Waals surface area contributed by atoms with Crippen molar-refractivity contribution in [3.8, 4) is 0 Å². The van der Waals surface area contributed by atoms with Crippen molar-refractivity contribution in [2.75, 3.05) is 6.54 Å². The molecule has 0 heterocycles. The first-order chi connectivity index (χ1) is 9.63. The molecule has 0 spiro atoms. The fourth-order valence-electron chi connectivity index (χ4n) is 3.42. The topological polar surface area (TPSA) is 12.0 Å². The average molecular weight is 298 g/mol. The van der Waals surface area contributed by atoms with Crippen LogP contribution in [-0.2, 0) is 6.42 Å². The van der Waals surface area contributed by atoms with Gasteiger partial charge >= 0.3 is 0 Å². The van der Waals surface area contributed by atoms with Crippen LogP contribution in [0.5, 0.6) is 0 Å². The second kappa shape index (κ2) is 7.42. The molecule has 0 aliphatic heterocycles. The van der Waals surface area contributed by atoms with Gasteiger partial charge in [-0.25, -0.2) is 4.39 Å². The van der Waals surface area contributed by atoms with Gasteiger partial charge in [-0.1, -0.05) is 50.4 Å². The number of rotatable bonds is 6. The molecule has 1 N–H and O–H groups in total. The molecular formula is C17H25ClFN. The van der Waals surface area contributed by atoms with E-state index in [1.54, 1.807) is 6.07 Å². The molecule has 2 rings (SSSR count). The van der Waals surface area contributed by atoms with E-state index < -0.39 is 0 Å². The fourth-order valence-corrected chi connectivity index (χ4v) is 3.62. The van der Waals surface area contributed by atoms with Crippen molar-refractivity contribution in [2.24, 2.45) is 11.8 Å². The maximum atomic E-state index is 13.6. The molecule has 0 aromatic heterocycles. The van der Waals surface area contributed by atoms with Crippen LogP contribution in [0.2, 0.25) is 5.02 Å². The summed E-state index contributed by atoms with van der Waals surface area (Å²) in [6, 6.07) is 5.54. The second-order valence-electron chi connectivity index (χ2n) is 6.05. The second-order valence-corrected chi connectivity index (χ2v) is 6.43. The van der Waals surface area contributed by atoms with Crippen molar-refractivity contribution < 1.29 is 4.39 Å². The Hall–Kier alpha value is -0.600. The monoisotopic (exact) mass is 297 g/mol. The minimum absolute atomic E-state index is 0.293. The zero-order valence-electron chi connectivity index (χ0n) is 12.5. The normalized spacial score (nSPS) is 24.0. The molecule has 1 aliphatic rings. The molecule has 1 aliphatic carbocycles. The Labute approximate surface area is 126 Å². The van der Waals surface area contributed by atoms with Gasteiger partial charge in [0.1, 0.15) is 5.82 Å². The van der Waals surface area contributed by atoms with Gasteiger partial charge < -0.3 is 5.32 Å². The summed E-state index contributed by atoms with van der Waals surface area (Å²) in [5.74, 6) is 1.12. The van der Waals surface area contributed by atoms with Gasteiger partial charge in [0, 0.05) is 6.04 Å². The maximum absolute atomic E-state index is 13.6. The molecule has 3 heteroatoms. The predicted molar refractivity (Wildman–Crippen MR) is 83.7 cm³/mol. The summed E-state index contributed by atoms with van der Waals surface area (Å²) >= 11 is 6.11. The molecule has 1 saturated carbocycles. The van der Waals surface area contributed by atoms with Gasteiger partial charge in [0.15, 0.2) is 0 Å². The largest absolute Gasteiger partial charge is 0.313 e. The van der Waals surface area contributed by atoms with Gasteiger partial charge in [0.25, 0.3) is 0 Å². The van der Waals surface area contributed by atoms with E-state index in [2.05, 4.69) is 19.2 Å². The van der Waals surface area contributed by atoms with Crippen LogP contribution < -0.4 is 5.32 Å². The summed E-state index contributed by atoms with van der Waals surface area (Å²) in [7, 11) is 0. The molecule has 20 heavy (non-hydrogen) atoms. The zero-order valence-corrected chi connectivity index (χ0v) is 13.2. The highest BCUT2D eigenvalue weighted by atomic mass is 35.5. The van der Waals surface area contributed by atoms with Crippen molar-refractivity contribution in [3.63, 3.8) is 0 Å². The van der Waals surface area contributed by atoms with Crippen LogP contribution in [0.25, 0.3) is 0 Å². The van der Waals surface area contributed by atoms with Crippen LogP contribution in [0, 0.1) is 17.7 Å². The number of hydrogen-bond acceptors (Lipinski definition) is 1. The molecule has 0 saturated heterocycles. The average Bonchev–Trinajstić information content (AvgIpc) is 2.85. The Morgan fingerprint density at radius 1 is 1.40 bits per heavy atom. The quantitative estimate of drug-likeness (QED) is 0.793. The SMILES string of the molecule is CCCNC(Cc1cccc(F)c1Cl)C1CCCC1C. The highest BCUT2D eigenvalue weighted by Crippen LogP contribution is 2.35. The van der Waals surface area contributed by atoms with E-state index in [1.807, 2.05) is 6.07 Å². The maximum Gasteiger partial charge on any atom is 0.142 e. The number of nitrogens with one attached hydrogen (secondary N) is 1. The van der Waals surface area contributed by atoms with Gasteiger partial charge in [0.05, 0.1) is 5.02 Å². The standard InChI is InChI=1S/C17H25ClFN/c1-3-10-20-16(14-8-4-6-12(14)2)11-13-7-5-9-15(19)17(13)18/h5,7,9,12,14,16,20H,3-4,6,8,10-11H2,1-2H3. The summed E-state index contributed by atoms with van der Waals surface area (Å²) in [5, 5.41) is 3.95. The Bertz CT molecular complexity index is 435. The van der Waals surface area contributed by atoms with Crippen LogP contribution in [0.4, 0.5) is 4.39 Å². The van der Waals surface area contributed by atoms with Gasteiger partial charge in [-0.3, -0.25) is 0 Å². The fraction of sp³-hybridized carbons (Fsp3) is 0.647. The Kier molecular flexibility index (Phi) is 5.86. The number of hydrogen-bond donors (Lipinski definition) is 1. The van der Waals surface area contributed by atoms with Gasteiger partial charge in [-0.2, -0.15) is 0 Å². The molecule has 1 fully saturated rings. The summed E-state index contributed by atoms with van der Waals surface area (Å²) in [6.45, 7) is 5.53. The third kappa shape index (κ3) is 3.73. The van der Waals surface area contributed by atoms with E-state index in [0.717, 1.165) is 30.9 Å². The summed E-state index contributed by atoms with van der Waals surface area (Å²) in [6.07, 6.45) is 5.84. The molecule has 3 unspecified atom stereocenters. The van der Waals surface area contributed by atoms with Gasteiger partial charge in [-0.15, -0.1) is 0 Å². The lowest BCUT2D eigenvalue weighted by Crippen LogP contribution is -2.39. The minimum Gasteiger partial charge on any atom is -0.313 e. The highest BCUT2D eigenvalue weighted by Gasteiger charge is 2.31. The van der Waals surface area contributed by atoms with Crippen molar-refractivity contribution in [1.82, 2.24) is 5.32 Å². The van der Waals surface area contributed by atoms with Crippen molar-refractivity contribution >= 4 is 11.6 Å². The van der Waals surface area contributed by atoms with E-state index in [1.165, 1.54) is 25.3 Å². The van der Waals surface area contributed by atoms with Crippen LogP contribution in [-0.4, -0.2) is 12.6 Å². The van der Waals surface area contributed by atoms with E-state index >= 15 is 0 Å². The predicted octanol–water partition coefficient (Wildman–Crippen LogP) is 4.83. The smallest absolute Gasteiger partial charge is 0.142 e. The molecule has 0 bridgehead atoms. The van der Waals surface area contributed by atoms with Gasteiger partial charge in [0.2, 0.25) is 0 Å². The number of benzene rings is 1. The summed E-state index contributed by atoms with van der Waals surface area (Å²) in [5.41, 5.74) is 0.930. The molecule has 112 valence electrons. The van der Waals surface area contributed by atoms with E-state index in [4.69, 9.17) is 11.6 Å². The third-order valence-electron chi connectivity index (χ3n) is 4.57. The molecule has 1 nitrogen and oxygen atoms in total. The van der Waals surface area contributed by atoms with Gasteiger partial charge in [-0.05, 0) is 49.3 Å². The minimum atomic E-state index is -0.308. The third-order valence-corrected chi connectivity index (χ3v) is 5.00. The molecule has 0 radical (unpaired) electrons. The first kappa shape index (κ1) is 15.8. The molecule has 1 aromatic rings. The van der Waals surface area contributed by atoms with Crippen LogP contribution >= 0.6 is 11.6 Å². The first-order valence-electron chi connectivity index (χ1n) is 7.79. The van der Waals surface area contributed by atoms with E-state index in [-0.39, 0.29) is 5.82 Å². The lowest BCUT2D eigenvalue weighted by Gasteiger charge is -2.28. The first-order valence-corrected chi connectivity index (χ1v) is 8.17. The molecule has 0 amide bonds. The van der Waals surface area contributed by atoms with Crippen molar-refractivity contribution in [3.05, 3.63) is 34.6 Å². The van der Waals surface area contributed by atoms with Crippen LogP contribution in [0.1, 0.15) is 45.1 Å². The Balaban J connectivity index is 2.12. The lowest BCUT2D eigenvalue weighted by atomic mass is 9.86. The molecule has 1 aromatic carbocycles. The lowest BCUT2D eigenvalue weighted by molar-refractivity contribution is 0.295. The summed E-state index contributed by atoms with van der Waals surface area (Å²) in [4.78, 5) is 0. The van der Waals surface area contributed by atoms with Crippen LogP contribution in [0.3, 0.4) is 0 Å². The Morgan fingerprint density at radius 2 is 2.20 bits per heavy atom. The molecular weight excluding hydrogens is 273 g/mol. The Morgan fingerprint density at radius 3 is 2.85 bits per heavy atom. The number of halogens is 2. The highest BCUT2D eigenvalue weighted by molar-refractivity contribution is 6.31. The van der Waals surface area contributed by atoms with E-state index in [9.17, 15) is 4.39 Å². The zero-order chi connectivity index (χ0) is 14.5. The summed E-state index contributed by atoms with van der Waals surface area (Å²) < 4.78 is 13.6. The van der Waals surface area contributed by atoms with E-state index in [0.29, 0.717) is 17.0 Å². The van der Waals surface area contributed by atoms with Crippen LogP contribution in [0.15, 0.2) is 18.2 Å². The van der Waals surface area contributed by atoms with Crippen molar-refractivity contribution in [2.45, 2.75) is 52.0 Å². The molecule has 3 atom stereocenters.